The predicted molar refractivity (Wildman–Crippen MR) is 117 cm³/mol. The Balaban J connectivity index is 1.30. The van der Waals surface area contributed by atoms with Crippen LogP contribution in [-0.4, -0.2) is 51.3 Å². The van der Waals surface area contributed by atoms with Gasteiger partial charge in [0, 0.05) is 45.1 Å². The second kappa shape index (κ2) is 7.72. The zero-order valence-corrected chi connectivity index (χ0v) is 16.6. The first-order valence-electron chi connectivity index (χ1n) is 10.2. The molecule has 6 heteroatoms. The topological polar surface area (TPSA) is 57.9 Å². The molecular weight excluding hydrogens is 376 g/mol. The molecule has 0 radical (unpaired) electrons. The largest absolute Gasteiger partial charge is 0.336 e. The van der Waals surface area contributed by atoms with Crippen LogP contribution in [0.15, 0.2) is 77.9 Å². The quantitative estimate of drug-likeness (QED) is 0.533. The lowest BCUT2D eigenvalue weighted by Gasteiger charge is -2.34. The molecule has 30 heavy (non-hydrogen) atoms. The lowest BCUT2D eigenvalue weighted by Crippen LogP contribution is -2.49. The Hall–Kier alpha value is -3.51. The summed E-state index contributed by atoms with van der Waals surface area (Å²) in [5.41, 5.74) is 1.65. The van der Waals surface area contributed by atoms with Crippen LogP contribution in [0.3, 0.4) is 0 Å². The van der Waals surface area contributed by atoms with Crippen LogP contribution in [0.25, 0.3) is 16.4 Å². The van der Waals surface area contributed by atoms with Crippen LogP contribution < -0.4 is 5.56 Å². The van der Waals surface area contributed by atoms with Crippen molar-refractivity contribution in [3.8, 4) is 0 Å². The van der Waals surface area contributed by atoms with E-state index < -0.39 is 0 Å². The average Bonchev–Trinajstić information content (AvgIpc) is 2.80. The Labute approximate surface area is 174 Å². The van der Waals surface area contributed by atoms with Gasteiger partial charge in [-0.15, -0.1) is 0 Å². The van der Waals surface area contributed by atoms with Crippen molar-refractivity contribution in [2.75, 3.05) is 26.2 Å². The highest BCUT2D eigenvalue weighted by atomic mass is 16.2. The first-order chi connectivity index (χ1) is 14.7. The van der Waals surface area contributed by atoms with Crippen LogP contribution in [0.5, 0.6) is 0 Å². The Kier molecular flexibility index (Phi) is 4.77. The maximum atomic E-state index is 13.0. The van der Waals surface area contributed by atoms with Crippen molar-refractivity contribution in [2.45, 2.75) is 6.54 Å². The molecule has 1 saturated heterocycles. The number of carbonyl (C=O) groups excluding carboxylic acids is 1. The molecule has 150 valence electrons. The summed E-state index contributed by atoms with van der Waals surface area (Å²) < 4.78 is 1.42. The number of aromatic nitrogens is 2. The molecule has 4 aromatic rings. The van der Waals surface area contributed by atoms with Crippen LogP contribution in [0, 0.1) is 0 Å². The summed E-state index contributed by atoms with van der Waals surface area (Å²) in [5.74, 6) is -0.240. The van der Waals surface area contributed by atoms with Crippen molar-refractivity contribution in [1.82, 2.24) is 19.2 Å². The van der Waals surface area contributed by atoms with E-state index in [2.05, 4.69) is 52.3 Å². The number of benzene rings is 2. The standard InChI is InChI=1S/C24H22N4O2/c29-23(21-16-25-22-10-3-4-11-28(22)24(21)30)27-14-12-26(13-15-27)17-19-8-5-7-18-6-1-2-9-20(18)19/h1-11,16H,12-15,17H2. The highest BCUT2D eigenvalue weighted by Crippen LogP contribution is 2.20. The van der Waals surface area contributed by atoms with E-state index in [0.29, 0.717) is 18.7 Å². The van der Waals surface area contributed by atoms with Crippen LogP contribution in [0.4, 0.5) is 0 Å². The van der Waals surface area contributed by atoms with Crippen molar-refractivity contribution in [1.29, 1.82) is 0 Å². The van der Waals surface area contributed by atoms with Gasteiger partial charge in [-0.2, -0.15) is 0 Å². The van der Waals surface area contributed by atoms with Gasteiger partial charge in [0.15, 0.2) is 0 Å². The Morgan fingerprint density at radius 1 is 0.900 bits per heavy atom. The van der Waals surface area contributed by atoms with E-state index in [-0.39, 0.29) is 17.0 Å². The van der Waals surface area contributed by atoms with Crippen molar-refractivity contribution < 1.29 is 4.79 Å². The van der Waals surface area contributed by atoms with Crippen LogP contribution in [0.1, 0.15) is 15.9 Å². The van der Waals surface area contributed by atoms with E-state index in [1.807, 2.05) is 6.07 Å². The highest BCUT2D eigenvalue weighted by Gasteiger charge is 2.25. The van der Waals surface area contributed by atoms with Crippen LogP contribution in [0.2, 0.25) is 0 Å². The van der Waals surface area contributed by atoms with Gasteiger partial charge >= 0.3 is 0 Å². The zero-order chi connectivity index (χ0) is 20.5. The van der Waals surface area contributed by atoms with Gasteiger partial charge in [-0.1, -0.05) is 48.5 Å². The molecule has 3 heterocycles. The summed E-state index contributed by atoms with van der Waals surface area (Å²) in [6.07, 6.45) is 3.05. The summed E-state index contributed by atoms with van der Waals surface area (Å²) in [5, 5.41) is 2.52. The van der Waals surface area contributed by atoms with Gasteiger partial charge in [0.1, 0.15) is 11.2 Å². The molecule has 0 N–H and O–H groups in total. The molecule has 0 unspecified atom stereocenters. The minimum absolute atomic E-state index is 0.126. The molecule has 1 fully saturated rings. The summed E-state index contributed by atoms with van der Waals surface area (Å²) in [6.45, 7) is 3.60. The summed E-state index contributed by atoms with van der Waals surface area (Å²) in [4.78, 5) is 34.0. The number of nitrogens with zero attached hydrogens (tertiary/aromatic N) is 4. The van der Waals surface area contributed by atoms with Gasteiger partial charge in [0.05, 0.1) is 0 Å². The molecule has 5 rings (SSSR count). The van der Waals surface area contributed by atoms with Crippen molar-refractivity contribution >= 4 is 22.3 Å². The number of fused-ring (bicyclic) bond motifs is 2. The van der Waals surface area contributed by atoms with E-state index in [4.69, 9.17) is 0 Å². The molecule has 0 atom stereocenters. The first-order valence-corrected chi connectivity index (χ1v) is 10.2. The maximum Gasteiger partial charge on any atom is 0.270 e. The fourth-order valence-electron chi connectivity index (χ4n) is 4.12. The van der Waals surface area contributed by atoms with Crippen molar-refractivity contribution in [2.24, 2.45) is 0 Å². The van der Waals surface area contributed by atoms with Gasteiger partial charge in [-0.3, -0.25) is 18.9 Å². The first kappa shape index (κ1) is 18.5. The van der Waals surface area contributed by atoms with E-state index in [1.165, 1.54) is 26.9 Å². The molecular formula is C24H22N4O2. The molecule has 0 spiro atoms. The van der Waals surface area contributed by atoms with Crippen LogP contribution >= 0.6 is 0 Å². The molecule has 0 bridgehead atoms. The molecule has 1 amide bonds. The monoisotopic (exact) mass is 398 g/mol. The minimum atomic E-state index is -0.316. The Morgan fingerprint density at radius 2 is 1.67 bits per heavy atom. The molecule has 0 aliphatic carbocycles. The number of pyridine rings is 1. The van der Waals surface area contributed by atoms with E-state index in [9.17, 15) is 9.59 Å². The predicted octanol–water partition coefficient (Wildman–Crippen LogP) is 2.81. The number of amides is 1. The molecule has 0 saturated carbocycles. The van der Waals surface area contributed by atoms with Gasteiger partial charge < -0.3 is 4.90 Å². The fraction of sp³-hybridized carbons (Fsp3) is 0.208. The van der Waals surface area contributed by atoms with Crippen LogP contribution in [-0.2, 0) is 6.54 Å². The third-order valence-corrected chi connectivity index (χ3v) is 5.78. The third-order valence-electron chi connectivity index (χ3n) is 5.78. The summed E-state index contributed by atoms with van der Waals surface area (Å²) in [6, 6.07) is 20.1. The number of piperazine rings is 1. The van der Waals surface area contributed by atoms with Gasteiger partial charge in [0.25, 0.3) is 11.5 Å². The molecule has 6 nitrogen and oxygen atoms in total. The number of hydrogen-bond acceptors (Lipinski definition) is 4. The normalized spacial score (nSPS) is 15.0. The molecule has 2 aromatic heterocycles. The minimum Gasteiger partial charge on any atom is -0.336 e. The van der Waals surface area contributed by atoms with Crippen molar-refractivity contribution in [3.05, 3.63) is 94.5 Å². The summed E-state index contributed by atoms with van der Waals surface area (Å²) >= 11 is 0. The van der Waals surface area contributed by atoms with Gasteiger partial charge in [-0.05, 0) is 28.5 Å². The number of hydrogen-bond donors (Lipinski definition) is 0. The summed E-state index contributed by atoms with van der Waals surface area (Å²) in [7, 11) is 0. The SMILES string of the molecule is O=C(c1cnc2ccccn2c1=O)N1CCN(Cc2cccc3ccccc23)CC1. The number of rotatable bonds is 3. The highest BCUT2D eigenvalue weighted by molar-refractivity contribution is 5.93. The van der Waals surface area contributed by atoms with E-state index in [0.717, 1.165) is 19.6 Å². The molecule has 2 aromatic carbocycles. The average molecular weight is 398 g/mol. The lowest BCUT2D eigenvalue weighted by atomic mass is 10.0. The van der Waals surface area contributed by atoms with Crippen molar-refractivity contribution in [3.63, 3.8) is 0 Å². The zero-order valence-electron chi connectivity index (χ0n) is 16.6. The smallest absolute Gasteiger partial charge is 0.270 e. The maximum absolute atomic E-state index is 13.0. The van der Waals surface area contributed by atoms with Gasteiger partial charge in [-0.25, -0.2) is 4.98 Å². The van der Waals surface area contributed by atoms with E-state index in [1.54, 1.807) is 23.2 Å². The van der Waals surface area contributed by atoms with E-state index >= 15 is 0 Å². The Bertz CT molecular complexity index is 1280. The number of carbonyl (C=O) groups is 1. The van der Waals surface area contributed by atoms with Gasteiger partial charge in [0.2, 0.25) is 0 Å². The third kappa shape index (κ3) is 3.35. The lowest BCUT2D eigenvalue weighted by molar-refractivity contribution is 0.0626. The Morgan fingerprint density at radius 3 is 2.53 bits per heavy atom. The second-order valence-corrected chi connectivity index (χ2v) is 7.61. The fourth-order valence-corrected chi connectivity index (χ4v) is 4.12. The molecule has 1 aliphatic heterocycles. The second-order valence-electron chi connectivity index (χ2n) is 7.61. The molecule has 1 aliphatic rings.